The van der Waals surface area contributed by atoms with E-state index in [1.165, 1.54) is 0 Å². The Labute approximate surface area is 128 Å². The molecule has 22 heavy (non-hydrogen) atoms. The number of fused-ring (bicyclic) bond motifs is 5. The van der Waals surface area contributed by atoms with E-state index in [-0.39, 0.29) is 11.9 Å². The van der Waals surface area contributed by atoms with Crippen molar-refractivity contribution in [3.05, 3.63) is 47.5 Å². The number of hydrogen-bond acceptors (Lipinski definition) is 5. The zero-order valence-electron chi connectivity index (χ0n) is 12.3. The highest BCUT2D eigenvalue weighted by molar-refractivity contribution is 5.54. The summed E-state index contributed by atoms with van der Waals surface area (Å²) in [6.07, 6.45) is -0.316. The van der Waals surface area contributed by atoms with Crippen molar-refractivity contribution in [3.8, 4) is 23.0 Å². The Morgan fingerprint density at radius 3 is 2.77 bits per heavy atom. The maximum atomic E-state index is 9.62. The number of methoxy groups -OCH3 is 2. The fourth-order valence-corrected chi connectivity index (χ4v) is 3.23. The molecule has 0 aromatic heterocycles. The van der Waals surface area contributed by atoms with Gasteiger partial charge in [0.05, 0.1) is 7.11 Å². The first-order chi connectivity index (χ1) is 10.7. The molecule has 5 nitrogen and oxygen atoms in total. The van der Waals surface area contributed by atoms with Crippen LogP contribution in [0.3, 0.4) is 0 Å². The van der Waals surface area contributed by atoms with Gasteiger partial charge in [0, 0.05) is 30.4 Å². The van der Waals surface area contributed by atoms with Crippen LogP contribution in [0.25, 0.3) is 0 Å². The highest BCUT2D eigenvalue weighted by Gasteiger charge is 2.54. The lowest BCUT2D eigenvalue weighted by molar-refractivity contribution is -0.114. The molecule has 5 heteroatoms. The molecule has 2 heterocycles. The quantitative estimate of drug-likeness (QED) is 0.924. The summed E-state index contributed by atoms with van der Waals surface area (Å²) >= 11 is 0. The highest BCUT2D eigenvalue weighted by Crippen LogP contribution is 2.56. The standard InChI is InChI=1S/C17H16O5/c1-19-11-4-6-13-15(8-11)22-16-12-5-3-10(18)7-14(12)21-9-17(13,16)20-2/h3-8,16,18H,9H2,1-2H3. The molecular formula is C17H16O5. The van der Waals surface area contributed by atoms with Gasteiger partial charge in [0.25, 0.3) is 0 Å². The molecule has 0 bridgehead atoms. The van der Waals surface area contributed by atoms with Crippen LogP contribution in [0, 0.1) is 0 Å². The van der Waals surface area contributed by atoms with Gasteiger partial charge in [-0.2, -0.15) is 0 Å². The van der Waals surface area contributed by atoms with Gasteiger partial charge < -0.3 is 24.1 Å². The molecule has 2 aromatic rings. The molecular weight excluding hydrogens is 284 g/mol. The highest BCUT2D eigenvalue weighted by atomic mass is 16.6. The Morgan fingerprint density at radius 1 is 1.14 bits per heavy atom. The van der Waals surface area contributed by atoms with E-state index in [4.69, 9.17) is 18.9 Å². The monoisotopic (exact) mass is 300 g/mol. The second-order valence-corrected chi connectivity index (χ2v) is 5.46. The summed E-state index contributed by atoms with van der Waals surface area (Å²) < 4.78 is 23.1. The Kier molecular flexibility index (Phi) is 2.74. The predicted octanol–water partition coefficient (Wildman–Crippen LogP) is 2.77. The van der Waals surface area contributed by atoms with Crippen molar-refractivity contribution in [2.75, 3.05) is 20.8 Å². The molecule has 2 aliphatic heterocycles. The van der Waals surface area contributed by atoms with Crippen LogP contribution in [0.4, 0.5) is 0 Å². The lowest BCUT2D eigenvalue weighted by Crippen LogP contribution is -2.42. The first kappa shape index (κ1) is 13.3. The largest absolute Gasteiger partial charge is 0.508 e. The normalized spacial score (nSPS) is 24.5. The third kappa shape index (κ3) is 1.63. The van der Waals surface area contributed by atoms with Crippen LogP contribution in [0.2, 0.25) is 0 Å². The average molecular weight is 300 g/mol. The van der Waals surface area contributed by atoms with E-state index in [2.05, 4.69) is 0 Å². The molecule has 0 aliphatic carbocycles. The van der Waals surface area contributed by atoms with Crippen LogP contribution in [-0.2, 0) is 10.3 Å². The summed E-state index contributed by atoms with van der Waals surface area (Å²) in [6.45, 7) is 0.323. The van der Waals surface area contributed by atoms with Crippen LogP contribution < -0.4 is 14.2 Å². The van der Waals surface area contributed by atoms with Crippen molar-refractivity contribution < 1.29 is 24.1 Å². The summed E-state index contributed by atoms with van der Waals surface area (Å²) in [7, 11) is 3.28. The summed E-state index contributed by atoms with van der Waals surface area (Å²) in [5.74, 6) is 2.25. The molecule has 2 atom stereocenters. The minimum absolute atomic E-state index is 0.167. The summed E-state index contributed by atoms with van der Waals surface area (Å²) in [5, 5.41) is 9.62. The van der Waals surface area contributed by atoms with E-state index in [0.717, 1.165) is 22.6 Å². The fourth-order valence-electron chi connectivity index (χ4n) is 3.23. The fraction of sp³-hybridized carbons (Fsp3) is 0.294. The first-order valence-electron chi connectivity index (χ1n) is 7.04. The maximum absolute atomic E-state index is 9.62. The summed E-state index contributed by atoms with van der Waals surface area (Å²) in [6, 6.07) is 10.7. The van der Waals surface area contributed by atoms with Crippen LogP contribution >= 0.6 is 0 Å². The number of phenols is 1. The number of benzene rings is 2. The SMILES string of the molecule is COc1ccc2c(c1)OC1c3ccc(O)cc3OCC21OC. The zero-order chi connectivity index (χ0) is 15.3. The Bertz CT molecular complexity index is 742. The molecule has 0 fully saturated rings. The van der Waals surface area contributed by atoms with Crippen molar-refractivity contribution in [2.24, 2.45) is 0 Å². The Morgan fingerprint density at radius 2 is 2.00 bits per heavy atom. The number of phenolic OH excluding ortho intramolecular Hbond substituents is 1. The number of aromatic hydroxyl groups is 1. The molecule has 4 rings (SSSR count). The molecule has 0 saturated heterocycles. The molecule has 1 N–H and O–H groups in total. The maximum Gasteiger partial charge on any atom is 0.171 e. The van der Waals surface area contributed by atoms with Gasteiger partial charge in [-0.15, -0.1) is 0 Å². The lowest BCUT2D eigenvalue weighted by atomic mass is 9.84. The minimum Gasteiger partial charge on any atom is -0.508 e. The average Bonchev–Trinajstić information content (AvgIpc) is 2.88. The van der Waals surface area contributed by atoms with Crippen LogP contribution in [0.1, 0.15) is 17.2 Å². The Balaban J connectivity index is 1.87. The van der Waals surface area contributed by atoms with Gasteiger partial charge in [0.2, 0.25) is 0 Å². The summed E-state index contributed by atoms with van der Waals surface area (Å²) in [4.78, 5) is 0. The van der Waals surface area contributed by atoms with Gasteiger partial charge in [-0.05, 0) is 24.3 Å². The molecule has 0 amide bonds. The van der Waals surface area contributed by atoms with Gasteiger partial charge in [0.1, 0.15) is 29.6 Å². The van der Waals surface area contributed by atoms with Crippen molar-refractivity contribution in [1.82, 2.24) is 0 Å². The number of rotatable bonds is 2. The van der Waals surface area contributed by atoms with Crippen molar-refractivity contribution in [3.63, 3.8) is 0 Å². The first-order valence-corrected chi connectivity index (χ1v) is 7.04. The predicted molar refractivity (Wildman–Crippen MR) is 78.7 cm³/mol. The van der Waals surface area contributed by atoms with E-state index in [0.29, 0.717) is 12.4 Å². The van der Waals surface area contributed by atoms with E-state index < -0.39 is 5.60 Å². The molecule has 2 unspecified atom stereocenters. The van der Waals surface area contributed by atoms with E-state index in [1.54, 1.807) is 26.4 Å². The topological polar surface area (TPSA) is 57.2 Å². The molecule has 0 saturated carbocycles. The molecule has 0 radical (unpaired) electrons. The second-order valence-electron chi connectivity index (χ2n) is 5.46. The van der Waals surface area contributed by atoms with E-state index >= 15 is 0 Å². The Hall–Kier alpha value is -2.40. The van der Waals surface area contributed by atoms with Crippen molar-refractivity contribution >= 4 is 0 Å². The zero-order valence-corrected chi connectivity index (χ0v) is 12.3. The summed E-state index contributed by atoms with van der Waals surface area (Å²) in [5.41, 5.74) is 1.12. The van der Waals surface area contributed by atoms with Crippen LogP contribution in [0.5, 0.6) is 23.0 Å². The van der Waals surface area contributed by atoms with E-state index in [9.17, 15) is 5.11 Å². The third-order valence-electron chi connectivity index (χ3n) is 4.40. The van der Waals surface area contributed by atoms with Crippen molar-refractivity contribution in [2.45, 2.75) is 11.7 Å². The van der Waals surface area contributed by atoms with Gasteiger partial charge in [-0.1, -0.05) is 0 Å². The van der Waals surface area contributed by atoms with Crippen LogP contribution in [-0.4, -0.2) is 25.9 Å². The van der Waals surface area contributed by atoms with Gasteiger partial charge in [0.15, 0.2) is 11.7 Å². The molecule has 2 aromatic carbocycles. The molecule has 0 spiro atoms. The van der Waals surface area contributed by atoms with Crippen LogP contribution in [0.15, 0.2) is 36.4 Å². The lowest BCUT2D eigenvalue weighted by Gasteiger charge is -2.37. The van der Waals surface area contributed by atoms with Gasteiger partial charge >= 0.3 is 0 Å². The minimum atomic E-state index is -0.689. The second kappa shape index (κ2) is 4.55. The van der Waals surface area contributed by atoms with Gasteiger partial charge in [-0.3, -0.25) is 0 Å². The smallest absolute Gasteiger partial charge is 0.171 e. The number of hydrogen-bond donors (Lipinski definition) is 1. The van der Waals surface area contributed by atoms with Crippen molar-refractivity contribution in [1.29, 1.82) is 0 Å². The number of ether oxygens (including phenoxy) is 4. The molecule has 114 valence electrons. The van der Waals surface area contributed by atoms with Gasteiger partial charge in [-0.25, -0.2) is 0 Å². The molecule has 2 aliphatic rings. The third-order valence-corrected chi connectivity index (χ3v) is 4.40. The van der Waals surface area contributed by atoms with E-state index in [1.807, 2.05) is 24.3 Å².